The second kappa shape index (κ2) is 3.36. The lowest BCUT2D eigenvalue weighted by atomic mass is 10.1. The summed E-state index contributed by atoms with van der Waals surface area (Å²) in [6, 6.07) is 6.04. The molecule has 2 aromatic rings. The molecular weight excluding hydrogens is 186 g/mol. The Hall–Kier alpha value is -1.06. The van der Waals surface area contributed by atoms with Crippen molar-refractivity contribution in [3.63, 3.8) is 0 Å². The molecule has 0 fully saturated rings. The van der Waals surface area contributed by atoms with Gasteiger partial charge in [-0.2, -0.15) is 5.10 Å². The molecule has 0 bridgehead atoms. The molecule has 0 aliphatic carbocycles. The van der Waals surface area contributed by atoms with Crippen LogP contribution in [-0.4, -0.2) is 17.2 Å². The van der Waals surface area contributed by atoms with Crippen LogP contribution in [0.4, 0.5) is 0 Å². The fraction of sp³-hybridized carbons (Fsp3) is 0.222. The second-order valence-corrected chi connectivity index (χ2v) is 3.30. The molecule has 13 heavy (non-hydrogen) atoms. The van der Waals surface area contributed by atoms with Crippen molar-refractivity contribution in [1.29, 1.82) is 0 Å². The highest BCUT2D eigenvalue weighted by molar-refractivity contribution is 6.34. The minimum atomic E-state index is 0.605. The first kappa shape index (κ1) is 8.53. The molecular formula is C9H10ClN3. The van der Waals surface area contributed by atoms with Gasteiger partial charge in [0.2, 0.25) is 0 Å². The predicted molar refractivity (Wildman–Crippen MR) is 53.9 cm³/mol. The summed E-state index contributed by atoms with van der Waals surface area (Å²) in [5.74, 6) is 0. The molecule has 1 heterocycles. The lowest BCUT2D eigenvalue weighted by Crippen LogP contribution is -2.04. The predicted octanol–water partition coefficient (Wildman–Crippen LogP) is 1.94. The van der Waals surface area contributed by atoms with Crippen molar-refractivity contribution in [2.24, 2.45) is 0 Å². The largest absolute Gasteiger partial charge is 0.316 e. The first-order chi connectivity index (χ1) is 6.31. The fourth-order valence-electron chi connectivity index (χ4n) is 1.34. The number of aromatic nitrogens is 2. The number of fused-ring (bicyclic) bond motifs is 1. The molecule has 3 nitrogen and oxygen atoms in total. The number of hydrogen-bond donors (Lipinski definition) is 2. The highest BCUT2D eigenvalue weighted by atomic mass is 35.5. The third-order valence-corrected chi connectivity index (χ3v) is 2.24. The molecule has 0 saturated heterocycles. The number of H-pyrrole nitrogens is 1. The lowest BCUT2D eigenvalue weighted by molar-refractivity contribution is 0.819. The van der Waals surface area contributed by atoms with Crippen molar-refractivity contribution >= 4 is 22.5 Å². The Kier molecular flexibility index (Phi) is 2.20. The first-order valence-electron chi connectivity index (χ1n) is 4.08. The van der Waals surface area contributed by atoms with Crippen LogP contribution in [0.5, 0.6) is 0 Å². The maximum Gasteiger partial charge on any atom is 0.132 e. The van der Waals surface area contributed by atoms with Crippen molar-refractivity contribution in [2.45, 2.75) is 6.54 Å². The smallest absolute Gasteiger partial charge is 0.132 e. The quantitative estimate of drug-likeness (QED) is 0.769. The van der Waals surface area contributed by atoms with E-state index in [1.165, 1.54) is 5.56 Å². The average molecular weight is 196 g/mol. The summed E-state index contributed by atoms with van der Waals surface area (Å²) in [7, 11) is 1.92. The van der Waals surface area contributed by atoms with Crippen LogP contribution in [0.2, 0.25) is 5.15 Å². The zero-order chi connectivity index (χ0) is 9.26. The van der Waals surface area contributed by atoms with Gasteiger partial charge in [-0.25, -0.2) is 0 Å². The van der Waals surface area contributed by atoms with Gasteiger partial charge in [0.1, 0.15) is 5.15 Å². The van der Waals surface area contributed by atoms with E-state index in [2.05, 4.69) is 15.5 Å². The maximum atomic E-state index is 5.91. The number of rotatable bonds is 2. The van der Waals surface area contributed by atoms with E-state index in [-0.39, 0.29) is 0 Å². The fourth-order valence-corrected chi connectivity index (χ4v) is 1.53. The van der Waals surface area contributed by atoms with Crippen molar-refractivity contribution in [2.75, 3.05) is 7.05 Å². The van der Waals surface area contributed by atoms with E-state index in [4.69, 9.17) is 11.6 Å². The van der Waals surface area contributed by atoms with Gasteiger partial charge in [0.05, 0.1) is 5.52 Å². The van der Waals surface area contributed by atoms with Crippen molar-refractivity contribution in [1.82, 2.24) is 15.5 Å². The van der Waals surface area contributed by atoms with Crippen LogP contribution in [0.25, 0.3) is 10.9 Å². The first-order valence-corrected chi connectivity index (χ1v) is 4.46. The molecule has 4 heteroatoms. The highest BCUT2D eigenvalue weighted by Crippen LogP contribution is 2.21. The highest BCUT2D eigenvalue weighted by Gasteiger charge is 2.02. The molecule has 0 aliphatic heterocycles. The van der Waals surface area contributed by atoms with Gasteiger partial charge in [0.25, 0.3) is 0 Å². The standard InChI is InChI=1S/C9H10ClN3/c1-11-5-6-2-3-8-7(4-6)9(10)13-12-8/h2-4,11H,5H2,1H3,(H,12,13). The van der Waals surface area contributed by atoms with Gasteiger partial charge in [-0.1, -0.05) is 17.7 Å². The molecule has 1 aromatic carbocycles. The number of hydrogen-bond acceptors (Lipinski definition) is 2. The number of benzene rings is 1. The SMILES string of the molecule is CNCc1ccc2n[nH]c(Cl)c2c1. The summed E-state index contributed by atoms with van der Waals surface area (Å²) in [6.07, 6.45) is 0. The number of halogens is 1. The van der Waals surface area contributed by atoms with Gasteiger partial charge < -0.3 is 5.32 Å². The Bertz CT molecular complexity index is 422. The summed E-state index contributed by atoms with van der Waals surface area (Å²) in [5.41, 5.74) is 2.11. The third kappa shape index (κ3) is 1.53. The van der Waals surface area contributed by atoms with Gasteiger partial charge in [-0.05, 0) is 24.7 Å². The Labute approximate surface area is 81.1 Å². The second-order valence-electron chi connectivity index (χ2n) is 2.92. The molecule has 0 saturated carbocycles. The van der Waals surface area contributed by atoms with E-state index in [1.807, 2.05) is 25.2 Å². The van der Waals surface area contributed by atoms with Crippen molar-refractivity contribution < 1.29 is 0 Å². The Morgan fingerprint density at radius 1 is 1.54 bits per heavy atom. The number of nitrogens with zero attached hydrogens (tertiary/aromatic N) is 1. The topological polar surface area (TPSA) is 40.7 Å². The van der Waals surface area contributed by atoms with E-state index < -0.39 is 0 Å². The molecule has 0 amide bonds. The van der Waals surface area contributed by atoms with E-state index in [0.29, 0.717) is 5.15 Å². The van der Waals surface area contributed by atoms with E-state index in [1.54, 1.807) is 0 Å². The zero-order valence-electron chi connectivity index (χ0n) is 7.26. The molecule has 1 aromatic heterocycles. The van der Waals surface area contributed by atoms with Crippen LogP contribution in [0.3, 0.4) is 0 Å². The maximum absolute atomic E-state index is 5.91. The Morgan fingerprint density at radius 3 is 3.15 bits per heavy atom. The minimum Gasteiger partial charge on any atom is -0.316 e. The van der Waals surface area contributed by atoms with Gasteiger partial charge in [0, 0.05) is 11.9 Å². The lowest BCUT2D eigenvalue weighted by Gasteiger charge is -1.98. The summed E-state index contributed by atoms with van der Waals surface area (Å²) >= 11 is 5.91. The molecule has 0 spiro atoms. The van der Waals surface area contributed by atoms with Gasteiger partial charge in [-0.3, -0.25) is 5.10 Å². The number of aromatic amines is 1. The normalized spacial score (nSPS) is 10.9. The van der Waals surface area contributed by atoms with Crippen molar-refractivity contribution in [3.8, 4) is 0 Å². The Morgan fingerprint density at radius 2 is 2.38 bits per heavy atom. The van der Waals surface area contributed by atoms with E-state index >= 15 is 0 Å². The molecule has 0 unspecified atom stereocenters. The summed E-state index contributed by atoms with van der Waals surface area (Å²) in [4.78, 5) is 0. The van der Waals surface area contributed by atoms with Crippen molar-refractivity contribution in [3.05, 3.63) is 28.9 Å². The average Bonchev–Trinajstić information content (AvgIpc) is 2.49. The van der Waals surface area contributed by atoms with Crippen LogP contribution in [0, 0.1) is 0 Å². The van der Waals surface area contributed by atoms with Crippen LogP contribution in [-0.2, 0) is 6.54 Å². The summed E-state index contributed by atoms with van der Waals surface area (Å²) < 4.78 is 0. The van der Waals surface area contributed by atoms with Gasteiger partial charge >= 0.3 is 0 Å². The molecule has 0 atom stereocenters. The van der Waals surface area contributed by atoms with Crippen LogP contribution in [0.1, 0.15) is 5.56 Å². The molecule has 2 N–H and O–H groups in total. The van der Waals surface area contributed by atoms with Crippen LogP contribution < -0.4 is 5.32 Å². The minimum absolute atomic E-state index is 0.605. The monoisotopic (exact) mass is 195 g/mol. The molecule has 68 valence electrons. The zero-order valence-corrected chi connectivity index (χ0v) is 8.02. The van der Waals surface area contributed by atoms with Crippen LogP contribution >= 0.6 is 11.6 Å². The third-order valence-electron chi connectivity index (χ3n) is 1.95. The van der Waals surface area contributed by atoms with Gasteiger partial charge in [0.15, 0.2) is 0 Å². The van der Waals surface area contributed by atoms with E-state index in [9.17, 15) is 0 Å². The van der Waals surface area contributed by atoms with Gasteiger partial charge in [-0.15, -0.1) is 0 Å². The summed E-state index contributed by atoms with van der Waals surface area (Å²) in [5, 5.41) is 11.5. The number of nitrogens with one attached hydrogen (secondary N) is 2. The van der Waals surface area contributed by atoms with Crippen LogP contribution in [0.15, 0.2) is 18.2 Å². The molecule has 0 radical (unpaired) electrons. The molecule has 0 aliphatic rings. The Balaban J connectivity index is 2.53. The van der Waals surface area contributed by atoms with E-state index in [0.717, 1.165) is 17.4 Å². The molecule has 2 rings (SSSR count). The summed E-state index contributed by atoms with van der Waals surface area (Å²) in [6.45, 7) is 0.845.